The molecular weight excluding hydrogens is 462 g/mol. The van der Waals surface area contributed by atoms with Crippen molar-refractivity contribution < 1.29 is 18.1 Å². The van der Waals surface area contributed by atoms with Crippen LogP contribution in [0.5, 0.6) is 0 Å². The molecule has 0 aliphatic heterocycles. The van der Waals surface area contributed by atoms with Crippen LogP contribution in [0.25, 0.3) is 5.82 Å². The van der Waals surface area contributed by atoms with E-state index in [1.807, 2.05) is 0 Å². The number of carbonyl (C=O) groups is 1. The second kappa shape index (κ2) is 9.46. The lowest BCUT2D eigenvalue weighted by atomic mass is 10.1. The molecule has 0 spiro atoms. The van der Waals surface area contributed by atoms with Crippen LogP contribution in [0.15, 0.2) is 84.4 Å². The smallest absolute Gasteiger partial charge is 0.270 e. The summed E-state index contributed by atoms with van der Waals surface area (Å²) in [5.74, 6) is -0.0503. The number of nitrogens with zero attached hydrogens (tertiary/aromatic N) is 5. The average Bonchev–Trinajstić information content (AvgIpc) is 3.38. The number of hydrogen-bond acceptors (Lipinski definition) is 8. The molecule has 0 unspecified atom stereocenters. The number of benzene rings is 2. The Bertz CT molecular complexity index is 1460. The molecule has 0 saturated carbocycles. The van der Waals surface area contributed by atoms with Crippen molar-refractivity contribution in [1.82, 2.24) is 25.1 Å². The Morgan fingerprint density at radius 2 is 1.91 bits per heavy atom. The lowest BCUT2D eigenvalue weighted by molar-refractivity contribution is -0.385. The van der Waals surface area contributed by atoms with E-state index in [4.69, 9.17) is 0 Å². The highest BCUT2D eigenvalue weighted by molar-refractivity contribution is 7.92. The van der Waals surface area contributed by atoms with Crippen LogP contribution in [0.1, 0.15) is 15.9 Å². The molecule has 34 heavy (non-hydrogen) atoms. The lowest BCUT2D eigenvalue weighted by Crippen LogP contribution is -2.25. The van der Waals surface area contributed by atoms with E-state index in [9.17, 15) is 23.3 Å². The number of aromatic nitrogens is 4. The molecular formula is C21H17N7O5S. The van der Waals surface area contributed by atoms with E-state index in [1.165, 1.54) is 47.7 Å². The molecule has 0 aliphatic carbocycles. The highest BCUT2D eigenvalue weighted by Crippen LogP contribution is 2.23. The Hall–Kier alpha value is -4.65. The number of nitro groups is 1. The maximum atomic E-state index is 12.9. The Morgan fingerprint density at radius 1 is 1.09 bits per heavy atom. The molecule has 0 fully saturated rings. The molecule has 0 saturated heterocycles. The lowest BCUT2D eigenvalue weighted by Gasteiger charge is -2.13. The molecule has 0 bridgehead atoms. The van der Waals surface area contributed by atoms with Crippen LogP contribution in [-0.4, -0.2) is 39.0 Å². The minimum atomic E-state index is -4.19. The zero-order chi connectivity index (χ0) is 24.1. The van der Waals surface area contributed by atoms with Crippen molar-refractivity contribution in [2.75, 3.05) is 4.72 Å². The summed E-state index contributed by atoms with van der Waals surface area (Å²) >= 11 is 0. The maximum absolute atomic E-state index is 12.9. The number of nitrogens with one attached hydrogen (secondary N) is 2. The summed E-state index contributed by atoms with van der Waals surface area (Å²) in [4.78, 5) is 31.1. The highest BCUT2D eigenvalue weighted by Gasteiger charge is 2.21. The van der Waals surface area contributed by atoms with E-state index in [-0.39, 0.29) is 28.4 Å². The van der Waals surface area contributed by atoms with Crippen LogP contribution >= 0.6 is 0 Å². The van der Waals surface area contributed by atoms with Gasteiger partial charge in [-0.2, -0.15) is 5.10 Å². The fourth-order valence-electron chi connectivity index (χ4n) is 3.10. The second-order valence-electron chi connectivity index (χ2n) is 6.91. The van der Waals surface area contributed by atoms with Gasteiger partial charge in [-0.05, 0) is 24.3 Å². The Labute approximate surface area is 193 Å². The van der Waals surface area contributed by atoms with Crippen LogP contribution in [0.2, 0.25) is 0 Å². The van der Waals surface area contributed by atoms with Gasteiger partial charge in [-0.1, -0.05) is 24.3 Å². The van der Waals surface area contributed by atoms with Gasteiger partial charge in [0.15, 0.2) is 5.82 Å². The number of non-ortho nitro benzene ring substituents is 1. The third-order valence-corrected chi connectivity index (χ3v) is 6.06. The molecule has 2 heterocycles. The van der Waals surface area contributed by atoms with Gasteiger partial charge in [0.05, 0.1) is 21.1 Å². The number of anilines is 1. The first-order valence-electron chi connectivity index (χ1n) is 9.78. The van der Waals surface area contributed by atoms with E-state index in [0.717, 1.165) is 6.07 Å². The normalized spacial score (nSPS) is 11.1. The predicted molar refractivity (Wildman–Crippen MR) is 121 cm³/mol. The number of hydrogen-bond donors (Lipinski definition) is 2. The number of carbonyl (C=O) groups excluding carboxylic acids is 1. The number of sulfonamides is 1. The molecule has 13 heteroatoms. The van der Waals surface area contributed by atoms with Crippen LogP contribution in [0, 0.1) is 10.1 Å². The summed E-state index contributed by atoms with van der Waals surface area (Å²) < 4.78 is 29.4. The van der Waals surface area contributed by atoms with Gasteiger partial charge < -0.3 is 5.32 Å². The van der Waals surface area contributed by atoms with E-state index < -0.39 is 20.9 Å². The summed E-state index contributed by atoms with van der Waals surface area (Å²) in [5, 5.41) is 17.8. The summed E-state index contributed by atoms with van der Waals surface area (Å²) in [7, 11) is -4.19. The molecule has 0 radical (unpaired) electrons. The van der Waals surface area contributed by atoms with Crippen LogP contribution < -0.4 is 10.0 Å². The number of para-hydroxylation sites is 1. The van der Waals surface area contributed by atoms with Crippen LogP contribution in [-0.2, 0) is 16.6 Å². The molecule has 4 aromatic rings. The molecule has 2 aromatic carbocycles. The molecule has 12 nitrogen and oxygen atoms in total. The first-order chi connectivity index (χ1) is 16.3. The largest absolute Gasteiger partial charge is 0.348 e. The molecule has 0 atom stereocenters. The first-order valence-corrected chi connectivity index (χ1v) is 11.3. The van der Waals surface area contributed by atoms with Crippen molar-refractivity contribution in [1.29, 1.82) is 0 Å². The van der Waals surface area contributed by atoms with Crippen LogP contribution in [0.3, 0.4) is 0 Å². The first kappa shape index (κ1) is 22.5. The monoisotopic (exact) mass is 479 g/mol. The highest BCUT2D eigenvalue weighted by atomic mass is 32.2. The standard InChI is InChI=1S/C21H17N7O5S/c29-21(24-12-15-5-4-10-23-20(15)27-14-22-13-25-27)18-8-1-2-9-19(18)26-34(32,33)17-7-3-6-16(11-17)28(30)31/h1-11,13-14,26H,12H2,(H,24,29). The molecule has 4 rings (SSSR count). The number of amides is 1. The summed E-state index contributed by atoms with van der Waals surface area (Å²) in [6.07, 6.45) is 4.42. The van der Waals surface area contributed by atoms with Gasteiger partial charge in [0.2, 0.25) is 0 Å². The molecule has 172 valence electrons. The van der Waals surface area contributed by atoms with E-state index in [0.29, 0.717) is 11.4 Å². The minimum Gasteiger partial charge on any atom is -0.348 e. The Morgan fingerprint density at radius 3 is 2.68 bits per heavy atom. The van der Waals surface area contributed by atoms with E-state index >= 15 is 0 Å². The summed E-state index contributed by atoms with van der Waals surface area (Å²) in [6, 6.07) is 14.1. The molecule has 2 aromatic heterocycles. The Kier molecular flexibility index (Phi) is 6.27. The average molecular weight is 479 g/mol. The number of nitro benzene ring substituents is 1. The fraction of sp³-hybridized carbons (Fsp3) is 0.0476. The third-order valence-electron chi connectivity index (χ3n) is 4.70. The van der Waals surface area contributed by atoms with Crippen molar-refractivity contribution >= 4 is 27.3 Å². The van der Waals surface area contributed by atoms with Crippen molar-refractivity contribution in [3.05, 3.63) is 101 Å². The van der Waals surface area contributed by atoms with Gasteiger partial charge in [0, 0.05) is 30.4 Å². The number of rotatable bonds is 8. The number of pyridine rings is 1. The zero-order valence-corrected chi connectivity index (χ0v) is 18.2. The quantitative estimate of drug-likeness (QED) is 0.287. The van der Waals surface area contributed by atoms with Crippen molar-refractivity contribution in [2.45, 2.75) is 11.4 Å². The van der Waals surface area contributed by atoms with Gasteiger partial charge in [-0.25, -0.2) is 23.1 Å². The predicted octanol–water partition coefficient (Wildman–Crippen LogP) is 2.30. The SMILES string of the molecule is O=C(NCc1cccnc1-n1cncn1)c1ccccc1NS(=O)(=O)c1cccc([N+](=O)[O-])c1. The second-order valence-corrected chi connectivity index (χ2v) is 8.60. The van der Waals surface area contributed by atoms with Gasteiger partial charge in [0.25, 0.3) is 21.6 Å². The molecule has 0 aliphatic rings. The van der Waals surface area contributed by atoms with Crippen molar-refractivity contribution in [3.8, 4) is 5.82 Å². The van der Waals surface area contributed by atoms with Gasteiger partial charge in [0.1, 0.15) is 12.7 Å². The fourth-order valence-corrected chi connectivity index (χ4v) is 4.22. The minimum absolute atomic E-state index is 0.0224. The van der Waals surface area contributed by atoms with Crippen LogP contribution in [0.4, 0.5) is 11.4 Å². The van der Waals surface area contributed by atoms with Crippen molar-refractivity contribution in [3.63, 3.8) is 0 Å². The zero-order valence-electron chi connectivity index (χ0n) is 17.4. The molecule has 1 amide bonds. The van der Waals surface area contributed by atoms with E-state index in [2.05, 4.69) is 25.1 Å². The third kappa shape index (κ3) is 4.88. The maximum Gasteiger partial charge on any atom is 0.270 e. The molecule has 2 N–H and O–H groups in total. The summed E-state index contributed by atoms with van der Waals surface area (Å²) in [5.41, 5.74) is 0.390. The topological polar surface area (TPSA) is 162 Å². The van der Waals surface area contributed by atoms with Gasteiger partial charge in [-0.15, -0.1) is 0 Å². The summed E-state index contributed by atoms with van der Waals surface area (Å²) in [6.45, 7) is 0.0911. The van der Waals surface area contributed by atoms with Crippen molar-refractivity contribution in [2.24, 2.45) is 0 Å². The van der Waals surface area contributed by atoms with Gasteiger partial charge in [-0.3, -0.25) is 19.6 Å². The van der Waals surface area contributed by atoms with Gasteiger partial charge >= 0.3 is 0 Å². The Balaban J connectivity index is 1.55. The van der Waals surface area contributed by atoms with E-state index in [1.54, 1.807) is 30.5 Å².